The van der Waals surface area contributed by atoms with Gasteiger partial charge in [-0.3, -0.25) is 9.36 Å². The molecule has 1 aliphatic heterocycles. The Morgan fingerprint density at radius 2 is 1.83 bits per heavy atom. The first-order chi connectivity index (χ1) is 17.6. The fourth-order valence-electron chi connectivity index (χ4n) is 5.09. The average molecular weight is 606 g/mol. The molecular weight excluding hydrogens is 583 g/mol. The maximum Gasteiger partial charge on any atom is 0.271 e. The zero-order valence-electron chi connectivity index (χ0n) is 19.8. The summed E-state index contributed by atoms with van der Waals surface area (Å²) in [5, 5.41) is 0. The molecule has 2 aliphatic rings. The average Bonchev–Trinajstić information content (AvgIpc) is 3.21. The van der Waals surface area contributed by atoms with Crippen LogP contribution in [0.1, 0.15) is 34.7 Å². The van der Waals surface area contributed by atoms with Gasteiger partial charge in [-0.25, -0.2) is 4.99 Å². The molecule has 0 saturated carbocycles. The monoisotopic (exact) mass is 606 g/mol. The summed E-state index contributed by atoms with van der Waals surface area (Å²) in [7, 11) is 3.26. The Balaban J connectivity index is 1.63. The van der Waals surface area contributed by atoms with Crippen LogP contribution >= 0.6 is 33.9 Å². The summed E-state index contributed by atoms with van der Waals surface area (Å²) in [5.74, 6) is 1.31. The number of benzene rings is 3. The maximum absolute atomic E-state index is 13.9. The highest BCUT2D eigenvalue weighted by Crippen LogP contribution is 2.42. The third kappa shape index (κ3) is 3.90. The van der Waals surface area contributed by atoms with Gasteiger partial charge in [-0.2, -0.15) is 0 Å². The van der Waals surface area contributed by atoms with Crippen molar-refractivity contribution in [2.45, 2.75) is 18.9 Å². The lowest BCUT2D eigenvalue weighted by Crippen LogP contribution is -2.38. The number of ether oxygens (including phenoxy) is 2. The third-order valence-corrected chi connectivity index (χ3v) is 8.40. The van der Waals surface area contributed by atoms with Crippen LogP contribution in [0.5, 0.6) is 11.5 Å². The number of aryl methyl sites for hydroxylation is 1. The van der Waals surface area contributed by atoms with Crippen molar-refractivity contribution in [1.29, 1.82) is 0 Å². The number of hydrogen-bond acceptors (Lipinski definition) is 5. The van der Waals surface area contributed by atoms with Crippen molar-refractivity contribution >= 4 is 45.7 Å². The maximum atomic E-state index is 13.9. The zero-order valence-corrected chi connectivity index (χ0v) is 22.8. The van der Waals surface area contributed by atoms with Gasteiger partial charge in [0, 0.05) is 9.13 Å². The van der Waals surface area contributed by atoms with E-state index in [9.17, 15) is 4.79 Å². The molecule has 1 unspecified atom stereocenters. The van der Waals surface area contributed by atoms with Crippen molar-refractivity contribution in [3.05, 3.63) is 118 Å². The van der Waals surface area contributed by atoms with E-state index in [1.54, 1.807) is 14.2 Å². The summed E-state index contributed by atoms with van der Waals surface area (Å²) in [6, 6.07) is 22.3. The number of nitrogens with zero attached hydrogens (tertiary/aromatic N) is 2. The molecule has 4 aromatic rings. The third-order valence-electron chi connectivity index (χ3n) is 6.74. The van der Waals surface area contributed by atoms with Crippen LogP contribution in [-0.4, -0.2) is 18.8 Å². The minimum absolute atomic E-state index is 0.0252. The van der Waals surface area contributed by atoms with Gasteiger partial charge in [0.05, 0.1) is 30.5 Å². The van der Waals surface area contributed by atoms with Gasteiger partial charge >= 0.3 is 0 Å². The van der Waals surface area contributed by atoms with Crippen LogP contribution in [-0.2, 0) is 6.42 Å². The Hall–Kier alpha value is -3.17. The van der Waals surface area contributed by atoms with Gasteiger partial charge < -0.3 is 9.47 Å². The minimum Gasteiger partial charge on any atom is -0.493 e. The summed E-state index contributed by atoms with van der Waals surface area (Å²) in [5.41, 5.74) is 6.56. The van der Waals surface area contributed by atoms with Gasteiger partial charge in [0.2, 0.25) is 0 Å². The first kappa shape index (κ1) is 23.2. The molecule has 0 bridgehead atoms. The van der Waals surface area contributed by atoms with Crippen LogP contribution in [0.4, 0.5) is 0 Å². The van der Waals surface area contributed by atoms with Crippen molar-refractivity contribution in [3.8, 4) is 11.5 Å². The molecule has 7 heteroatoms. The second-order valence-electron chi connectivity index (χ2n) is 8.78. The Kier molecular flexibility index (Phi) is 6.05. The van der Waals surface area contributed by atoms with Crippen LogP contribution in [0.15, 0.2) is 82.1 Å². The molecule has 0 amide bonds. The van der Waals surface area contributed by atoms with Crippen LogP contribution in [0.25, 0.3) is 11.8 Å². The Bertz CT molecular complexity index is 1720. The number of thiazole rings is 1. The van der Waals surface area contributed by atoms with E-state index in [0.717, 1.165) is 44.4 Å². The molecule has 2 heterocycles. The Morgan fingerprint density at radius 1 is 1.00 bits per heavy atom. The van der Waals surface area contributed by atoms with E-state index in [0.29, 0.717) is 20.8 Å². The largest absolute Gasteiger partial charge is 0.493 e. The highest BCUT2D eigenvalue weighted by Gasteiger charge is 2.33. The first-order valence-corrected chi connectivity index (χ1v) is 13.6. The molecule has 0 spiro atoms. The van der Waals surface area contributed by atoms with E-state index in [2.05, 4.69) is 52.9 Å². The predicted octanol–water partition coefficient (Wildman–Crippen LogP) is 4.94. The van der Waals surface area contributed by atoms with Gasteiger partial charge in [-0.1, -0.05) is 53.8 Å². The highest BCUT2D eigenvalue weighted by atomic mass is 127. The summed E-state index contributed by atoms with van der Waals surface area (Å²) < 4.78 is 14.8. The SMILES string of the molecule is COc1ccc(C2C3=C(N=c4sc(=Cc5cccc(I)c5)c(=O)n42)c2ccccc2CC3)cc1OC. The normalized spacial score (nSPS) is 16.6. The second-order valence-corrected chi connectivity index (χ2v) is 11.0. The molecule has 6 rings (SSSR count). The molecule has 3 aromatic carbocycles. The number of methoxy groups -OCH3 is 2. The number of hydrogen-bond donors (Lipinski definition) is 0. The van der Waals surface area contributed by atoms with Gasteiger partial charge in [-0.05, 0) is 88.0 Å². The molecule has 0 radical (unpaired) electrons. The topological polar surface area (TPSA) is 52.8 Å². The van der Waals surface area contributed by atoms with Crippen LogP contribution in [0, 0.1) is 3.57 Å². The van der Waals surface area contributed by atoms with Gasteiger partial charge in [0.1, 0.15) is 0 Å². The summed E-state index contributed by atoms with van der Waals surface area (Å²) in [6.07, 6.45) is 3.73. The molecule has 5 nitrogen and oxygen atoms in total. The van der Waals surface area contributed by atoms with Crippen molar-refractivity contribution in [2.75, 3.05) is 14.2 Å². The van der Waals surface area contributed by atoms with Crippen molar-refractivity contribution in [1.82, 2.24) is 4.57 Å². The van der Waals surface area contributed by atoms with E-state index in [4.69, 9.17) is 14.5 Å². The lowest BCUT2D eigenvalue weighted by molar-refractivity contribution is 0.354. The van der Waals surface area contributed by atoms with E-state index in [1.165, 1.54) is 16.9 Å². The lowest BCUT2D eigenvalue weighted by Gasteiger charge is -2.31. The molecular formula is C29H23IN2O3S. The minimum atomic E-state index is -0.262. The number of aromatic nitrogens is 1. The van der Waals surface area contributed by atoms with Gasteiger partial charge in [0.15, 0.2) is 16.3 Å². The van der Waals surface area contributed by atoms with Crippen molar-refractivity contribution < 1.29 is 9.47 Å². The van der Waals surface area contributed by atoms with Crippen LogP contribution < -0.4 is 24.4 Å². The van der Waals surface area contributed by atoms with E-state index < -0.39 is 0 Å². The smallest absolute Gasteiger partial charge is 0.271 e. The molecule has 36 heavy (non-hydrogen) atoms. The fraction of sp³-hybridized carbons (Fsp3) is 0.172. The molecule has 1 aromatic heterocycles. The predicted molar refractivity (Wildman–Crippen MR) is 151 cm³/mol. The summed E-state index contributed by atoms with van der Waals surface area (Å²) in [4.78, 5) is 19.7. The Morgan fingerprint density at radius 3 is 2.64 bits per heavy atom. The van der Waals surface area contributed by atoms with E-state index >= 15 is 0 Å². The highest BCUT2D eigenvalue weighted by molar-refractivity contribution is 14.1. The second kappa shape index (κ2) is 9.37. The number of halogens is 1. The number of rotatable bonds is 4. The van der Waals surface area contributed by atoms with Gasteiger partial charge in [-0.15, -0.1) is 0 Å². The molecule has 0 saturated heterocycles. The summed E-state index contributed by atoms with van der Waals surface area (Å²) in [6.45, 7) is 0. The molecule has 0 N–H and O–H groups in total. The van der Waals surface area contributed by atoms with E-state index in [-0.39, 0.29) is 11.6 Å². The quantitative estimate of drug-likeness (QED) is 0.310. The molecule has 1 atom stereocenters. The molecule has 0 fully saturated rings. The van der Waals surface area contributed by atoms with Crippen molar-refractivity contribution in [2.24, 2.45) is 4.99 Å². The first-order valence-electron chi connectivity index (χ1n) is 11.7. The zero-order chi connectivity index (χ0) is 24.8. The van der Waals surface area contributed by atoms with Gasteiger partial charge in [0.25, 0.3) is 5.56 Å². The number of fused-ring (bicyclic) bond motifs is 3. The fourth-order valence-corrected chi connectivity index (χ4v) is 6.66. The summed E-state index contributed by atoms with van der Waals surface area (Å²) >= 11 is 3.74. The molecule has 1 aliphatic carbocycles. The van der Waals surface area contributed by atoms with Crippen LogP contribution in [0.3, 0.4) is 0 Å². The molecule has 180 valence electrons. The lowest BCUT2D eigenvalue weighted by atomic mass is 9.83. The number of allylic oxidation sites excluding steroid dienone is 1. The Labute approximate surface area is 226 Å². The van der Waals surface area contributed by atoms with Crippen LogP contribution in [0.2, 0.25) is 0 Å². The standard InChI is InChI=1S/C29H23IN2O3S/c1-34-23-13-11-19(16-24(23)35-2)27-22-12-10-18-7-3-4-9-21(18)26(22)31-29-32(27)28(33)25(36-29)15-17-6-5-8-20(30)14-17/h3-9,11,13-16,27H,10,12H2,1-2H3. The van der Waals surface area contributed by atoms with E-state index in [1.807, 2.05) is 47.0 Å². The van der Waals surface area contributed by atoms with Crippen molar-refractivity contribution in [3.63, 3.8) is 0 Å².